The van der Waals surface area contributed by atoms with Crippen LogP contribution in [0.25, 0.3) is 11.1 Å². The molecule has 88 valence electrons. The van der Waals surface area contributed by atoms with Gasteiger partial charge in [0.05, 0.1) is 0 Å². The molecule has 1 nitrogen and oxygen atoms in total. The molecule has 3 heteroatoms. The molecule has 0 heterocycles. The Labute approximate surface area is 105 Å². The molecular weight excluding hydrogens is 237 g/mol. The number of hydrogen-bond donors (Lipinski definition) is 1. The molecular formula is C14H13ClFN. The van der Waals surface area contributed by atoms with Crippen molar-refractivity contribution in [3.8, 4) is 11.1 Å². The standard InChI is InChI=1S/C14H13ClFN/c1-17-9-11-8-10(6-7-13(11)15)12-4-2-3-5-14(12)16/h2-8,17H,9H2,1H3. The normalized spacial score (nSPS) is 10.5. The van der Waals surface area contributed by atoms with Crippen molar-refractivity contribution in [1.82, 2.24) is 5.32 Å². The zero-order valence-electron chi connectivity index (χ0n) is 9.50. The highest BCUT2D eigenvalue weighted by Gasteiger charge is 2.06. The minimum absolute atomic E-state index is 0.217. The van der Waals surface area contributed by atoms with Crippen LogP contribution in [0.2, 0.25) is 5.02 Å². The van der Waals surface area contributed by atoms with Crippen molar-refractivity contribution in [3.05, 3.63) is 58.9 Å². The van der Waals surface area contributed by atoms with E-state index in [0.717, 1.165) is 11.1 Å². The van der Waals surface area contributed by atoms with Gasteiger partial charge in [0.15, 0.2) is 0 Å². The average molecular weight is 250 g/mol. The molecule has 0 amide bonds. The molecule has 2 rings (SSSR count). The lowest BCUT2D eigenvalue weighted by Gasteiger charge is -2.08. The molecule has 0 aromatic heterocycles. The third-order valence-corrected chi connectivity index (χ3v) is 2.97. The topological polar surface area (TPSA) is 12.0 Å². The van der Waals surface area contributed by atoms with Crippen molar-refractivity contribution < 1.29 is 4.39 Å². The van der Waals surface area contributed by atoms with Crippen molar-refractivity contribution in [2.45, 2.75) is 6.54 Å². The molecule has 0 unspecified atom stereocenters. The van der Waals surface area contributed by atoms with E-state index in [9.17, 15) is 4.39 Å². The third kappa shape index (κ3) is 2.65. The summed E-state index contributed by atoms with van der Waals surface area (Å²) in [5.41, 5.74) is 2.41. The molecule has 0 aliphatic heterocycles. The molecule has 0 fully saturated rings. The molecule has 0 radical (unpaired) electrons. The first-order valence-electron chi connectivity index (χ1n) is 5.40. The van der Waals surface area contributed by atoms with Gasteiger partial charge in [0.1, 0.15) is 5.82 Å². The highest BCUT2D eigenvalue weighted by molar-refractivity contribution is 6.31. The quantitative estimate of drug-likeness (QED) is 0.871. The summed E-state index contributed by atoms with van der Waals surface area (Å²) in [5.74, 6) is -0.217. The molecule has 0 atom stereocenters. The van der Waals surface area contributed by atoms with Crippen molar-refractivity contribution in [2.24, 2.45) is 0 Å². The summed E-state index contributed by atoms with van der Waals surface area (Å²) >= 11 is 6.07. The zero-order valence-corrected chi connectivity index (χ0v) is 10.3. The highest BCUT2D eigenvalue weighted by Crippen LogP contribution is 2.27. The van der Waals surface area contributed by atoms with Gasteiger partial charge >= 0.3 is 0 Å². The summed E-state index contributed by atoms with van der Waals surface area (Å²) < 4.78 is 13.6. The summed E-state index contributed by atoms with van der Waals surface area (Å²) in [5, 5.41) is 3.73. The molecule has 0 saturated carbocycles. The van der Waals surface area contributed by atoms with Gasteiger partial charge in [0.25, 0.3) is 0 Å². The van der Waals surface area contributed by atoms with E-state index < -0.39 is 0 Å². The molecule has 17 heavy (non-hydrogen) atoms. The monoisotopic (exact) mass is 249 g/mol. The molecule has 0 spiro atoms. The van der Waals surface area contributed by atoms with E-state index in [1.807, 2.05) is 25.2 Å². The fourth-order valence-corrected chi connectivity index (χ4v) is 1.95. The van der Waals surface area contributed by atoms with Crippen LogP contribution in [0.15, 0.2) is 42.5 Å². The van der Waals surface area contributed by atoms with Crippen molar-refractivity contribution in [2.75, 3.05) is 7.05 Å². The maximum absolute atomic E-state index is 13.6. The van der Waals surface area contributed by atoms with Gasteiger partial charge in [0, 0.05) is 17.1 Å². The number of nitrogens with one attached hydrogen (secondary N) is 1. The molecule has 2 aromatic carbocycles. The Morgan fingerprint density at radius 3 is 2.65 bits per heavy atom. The molecule has 1 N–H and O–H groups in total. The van der Waals surface area contributed by atoms with E-state index in [-0.39, 0.29) is 5.82 Å². The van der Waals surface area contributed by atoms with Gasteiger partial charge in [0.2, 0.25) is 0 Å². The zero-order chi connectivity index (χ0) is 12.3. The lowest BCUT2D eigenvalue weighted by molar-refractivity contribution is 0.631. The van der Waals surface area contributed by atoms with Crippen LogP contribution in [0, 0.1) is 5.82 Å². The first kappa shape index (κ1) is 12.1. The van der Waals surface area contributed by atoms with Gasteiger partial charge in [-0.25, -0.2) is 4.39 Å². The summed E-state index contributed by atoms with van der Waals surface area (Å²) in [6.07, 6.45) is 0. The van der Waals surface area contributed by atoms with Crippen LogP contribution in [0.1, 0.15) is 5.56 Å². The minimum Gasteiger partial charge on any atom is -0.316 e. The van der Waals surface area contributed by atoms with E-state index in [1.165, 1.54) is 6.07 Å². The maximum atomic E-state index is 13.6. The van der Waals surface area contributed by atoms with E-state index in [1.54, 1.807) is 18.2 Å². The first-order valence-corrected chi connectivity index (χ1v) is 5.78. The number of hydrogen-bond acceptors (Lipinski definition) is 1. The van der Waals surface area contributed by atoms with Gasteiger partial charge in [-0.15, -0.1) is 0 Å². The first-order chi connectivity index (χ1) is 8.22. The lowest BCUT2D eigenvalue weighted by atomic mass is 10.0. The average Bonchev–Trinajstić information content (AvgIpc) is 2.33. The van der Waals surface area contributed by atoms with E-state index >= 15 is 0 Å². The van der Waals surface area contributed by atoms with Gasteiger partial charge in [-0.3, -0.25) is 0 Å². The van der Waals surface area contributed by atoms with Crippen LogP contribution < -0.4 is 5.32 Å². The lowest BCUT2D eigenvalue weighted by Crippen LogP contribution is -2.05. The second-order valence-electron chi connectivity index (χ2n) is 3.82. The Bertz CT molecular complexity index is 525. The van der Waals surface area contributed by atoms with Gasteiger partial charge in [-0.05, 0) is 36.4 Å². The van der Waals surface area contributed by atoms with Crippen LogP contribution >= 0.6 is 11.6 Å². The molecule has 0 bridgehead atoms. The SMILES string of the molecule is CNCc1cc(-c2ccccc2F)ccc1Cl. The van der Waals surface area contributed by atoms with Gasteiger partial charge in [-0.2, -0.15) is 0 Å². The van der Waals surface area contributed by atoms with Gasteiger partial charge in [-0.1, -0.05) is 35.9 Å². The predicted octanol–water partition coefficient (Wildman–Crippen LogP) is 3.87. The number of benzene rings is 2. The Kier molecular flexibility index (Phi) is 3.77. The highest BCUT2D eigenvalue weighted by atomic mass is 35.5. The van der Waals surface area contributed by atoms with Crippen LogP contribution in [-0.2, 0) is 6.54 Å². The molecule has 0 aliphatic rings. The predicted molar refractivity (Wildman–Crippen MR) is 69.6 cm³/mol. The Hall–Kier alpha value is -1.38. The van der Waals surface area contributed by atoms with Crippen molar-refractivity contribution in [1.29, 1.82) is 0 Å². The van der Waals surface area contributed by atoms with E-state index in [2.05, 4.69) is 5.32 Å². The second-order valence-corrected chi connectivity index (χ2v) is 4.22. The molecule has 0 saturated heterocycles. The van der Waals surface area contributed by atoms with Gasteiger partial charge < -0.3 is 5.32 Å². The van der Waals surface area contributed by atoms with E-state index in [4.69, 9.17) is 11.6 Å². The van der Waals surface area contributed by atoms with Crippen molar-refractivity contribution in [3.63, 3.8) is 0 Å². The molecule has 2 aromatic rings. The number of halogens is 2. The van der Waals surface area contributed by atoms with Crippen LogP contribution in [0.3, 0.4) is 0 Å². The van der Waals surface area contributed by atoms with E-state index in [0.29, 0.717) is 17.1 Å². The summed E-state index contributed by atoms with van der Waals surface area (Å²) in [6.45, 7) is 0.668. The Morgan fingerprint density at radius 2 is 1.94 bits per heavy atom. The Morgan fingerprint density at radius 1 is 1.18 bits per heavy atom. The van der Waals surface area contributed by atoms with Crippen LogP contribution in [-0.4, -0.2) is 7.05 Å². The molecule has 0 aliphatic carbocycles. The summed E-state index contributed by atoms with van der Waals surface area (Å²) in [7, 11) is 1.85. The van der Waals surface area contributed by atoms with Crippen molar-refractivity contribution >= 4 is 11.6 Å². The summed E-state index contributed by atoms with van der Waals surface area (Å²) in [4.78, 5) is 0. The number of rotatable bonds is 3. The van der Waals surface area contributed by atoms with Crippen LogP contribution in [0.5, 0.6) is 0 Å². The maximum Gasteiger partial charge on any atom is 0.131 e. The second kappa shape index (κ2) is 5.30. The summed E-state index contributed by atoms with van der Waals surface area (Å²) in [6, 6.07) is 12.3. The Balaban J connectivity index is 2.46. The fraction of sp³-hybridized carbons (Fsp3) is 0.143. The fourth-order valence-electron chi connectivity index (χ4n) is 1.76. The van der Waals surface area contributed by atoms with Crippen LogP contribution in [0.4, 0.5) is 4.39 Å². The third-order valence-electron chi connectivity index (χ3n) is 2.60. The smallest absolute Gasteiger partial charge is 0.131 e. The minimum atomic E-state index is -0.217. The largest absolute Gasteiger partial charge is 0.316 e.